The molecule has 0 saturated carbocycles. The van der Waals surface area contributed by atoms with Gasteiger partial charge in [0.1, 0.15) is 0 Å². The molecule has 1 nitrogen and oxygen atoms in total. The van der Waals surface area contributed by atoms with Crippen molar-refractivity contribution in [3.63, 3.8) is 0 Å². The molecule has 0 aromatic heterocycles. The van der Waals surface area contributed by atoms with Crippen LogP contribution >= 0.6 is 0 Å². The Morgan fingerprint density at radius 1 is 0.900 bits per heavy atom. The van der Waals surface area contributed by atoms with Crippen molar-refractivity contribution in [2.24, 2.45) is 11.1 Å². The Morgan fingerprint density at radius 2 is 1.30 bits per heavy atom. The van der Waals surface area contributed by atoms with Crippen molar-refractivity contribution in [2.75, 3.05) is 0 Å². The van der Waals surface area contributed by atoms with E-state index in [0.717, 1.165) is 0 Å². The summed E-state index contributed by atoms with van der Waals surface area (Å²) >= 11 is 0. The van der Waals surface area contributed by atoms with Crippen LogP contribution in [0.3, 0.4) is 0 Å². The zero-order valence-corrected chi connectivity index (χ0v) is 7.73. The lowest BCUT2D eigenvalue weighted by molar-refractivity contribution is 0.531. The van der Waals surface area contributed by atoms with Gasteiger partial charge in [-0.05, 0) is 19.3 Å². The third-order valence-electron chi connectivity index (χ3n) is 1.01. The third-order valence-corrected chi connectivity index (χ3v) is 1.01. The minimum absolute atomic E-state index is 0.173. The van der Waals surface area contributed by atoms with Crippen molar-refractivity contribution in [2.45, 2.75) is 40.2 Å². The topological polar surface area (TPSA) is 26.0 Å². The summed E-state index contributed by atoms with van der Waals surface area (Å²) in [6.45, 7) is 10.5. The van der Waals surface area contributed by atoms with Crippen LogP contribution in [0.25, 0.3) is 0 Å². The van der Waals surface area contributed by atoms with Gasteiger partial charge < -0.3 is 5.73 Å². The molecule has 60 valence electrons. The molecule has 0 fully saturated rings. The highest BCUT2D eigenvalue weighted by Gasteiger charge is 2.08. The minimum atomic E-state index is -0.173. The molecule has 0 spiro atoms. The Balaban J connectivity index is 4.01. The van der Waals surface area contributed by atoms with Crippen LogP contribution in [-0.2, 0) is 0 Å². The largest absolute Gasteiger partial charge is 0.322 e. The molecule has 0 radical (unpaired) electrons. The van der Waals surface area contributed by atoms with Crippen molar-refractivity contribution < 1.29 is 0 Å². The van der Waals surface area contributed by atoms with Crippen LogP contribution in [0.15, 0.2) is 12.2 Å². The van der Waals surface area contributed by atoms with Gasteiger partial charge in [0, 0.05) is 5.54 Å². The highest BCUT2D eigenvalue weighted by Crippen LogP contribution is 2.16. The molecule has 0 heterocycles. The second-order valence-electron chi connectivity index (χ2n) is 4.52. The smallest absolute Gasteiger partial charge is 0.0281 e. The minimum Gasteiger partial charge on any atom is -0.322 e. The average molecular weight is 141 g/mol. The number of nitrogens with two attached hydrogens (primary N) is 1. The maximum absolute atomic E-state index is 5.76. The van der Waals surface area contributed by atoms with E-state index >= 15 is 0 Å². The zero-order valence-electron chi connectivity index (χ0n) is 7.73. The van der Waals surface area contributed by atoms with Gasteiger partial charge >= 0.3 is 0 Å². The van der Waals surface area contributed by atoms with Crippen LogP contribution in [0.5, 0.6) is 0 Å². The Hall–Kier alpha value is -0.300. The van der Waals surface area contributed by atoms with E-state index in [2.05, 4.69) is 26.8 Å². The van der Waals surface area contributed by atoms with E-state index in [4.69, 9.17) is 5.73 Å². The Bertz CT molecular complexity index is 105. The summed E-state index contributed by atoms with van der Waals surface area (Å²) in [5.41, 5.74) is 5.83. The Labute approximate surface area is 64.3 Å². The van der Waals surface area contributed by atoms with Gasteiger partial charge in [0.05, 0.1) is 0 Å². The maximum atomic E-state index is 5.76. The fourth-order valence-electron chi connectivity index (χ4n) is 0.465. The third kappa shape index (κ3) is 7.70. The zero-order chi connectivity index (χ0) is 8.41. The molecule has 10 heavy (non-hydrogen) atoms. The van der Waals surface area contributed by atoms with Gasteiger partial charge in [-0.1, -0.05) is 32.9 Å². The van der Waals surface area contributed by atoms with Gasteiger partial charge in [-0.15, -0.1) is 0 Å². The predicted molar refractivity (Wildman–Crippen MR) is 46.9 cm³/mol. The first-order valence-electron chi connectivity index (χ1n) is 3.70. The normalized spacial score (nSPS) is 14.6. The molecule has 0 aromatic carbocycles. The van der Waals surface area contributed by atoms with E-state index in [1.165, 1.54) is 0 Å². The number of rotatable bonds is 1. The van der Waals surface area contributed by atoms with E-state index < -0.39 is 0 Å². The van der Waals surface area contributed by atoms with Gasteiger partial charge in [0.15, 0.2) is 0 Å². The molecular formula is C9H19N. The Morgan fingerprint density at radius 3 is 1.40 bits per heavy atom. The second kappa shape index (κ2) is 2.75. The summed E-state index contributed by atoms with van der Waals surface area (Å²) in [7, 11) is 0. The molecule has 0 rings (SSSR count). The lowest BCUT2D eigenvalue weighted by Gasteiger charge is -2.17. The van der Waals surface area contributed by atoms with Crippen molar-refractivity contribution in [1.29, 1.82) is 0 Å². The summed E-state index contributed by atoms with van der Waals surface area (Å²) in [6, 6.07) is 0. The highest BCUT2D eigenvalue weighted by atomic mass is 14.7. The van der Waals surface area contributed by atoms with Gasteiger partial charge in [0.2, 0.25) is 0 Å². The second-order valence-corrected chi connectivity index (χ2v) is 4.52. The van der Waals surface area contributed by atoms with Gasteiger partial charge in [-0.25, -0.2) is 0 Å². The summed E-state index contributed by atoms with van der Waals surface area (Å²) in [4.78, 5) is 0. The fourth-order valence-corrected chi connectivity index (χ4v) is 0.465. The van der Waals surface area contributed by atoms with E-state index in [-0.39, 0.29) is 11.0 Å². The molecule has 0 aliphatic heterocycles. The van der Waals surface area contributed by atoms with Crippen molar-refractivity contribution in [3.05, 3.63) is 12.2 Å². The summed E-state index contributed by atoms with van der Waals surface area (Å²) < 4.78 is 0. The lowest BCUT2D eigenvalue weighted by Crippen LogP contribution is -2.29. The maximum Gasteiger partial charge on any atom is 0.0281 e. The molecular weight excluding hydrogens is 122 g/mol. The van der Waals surface area contributed by atoms with Crippen LogP contribution in [0.2, 0.25) is 0 Å². The van der Waals surface area contributed by atoms with E-state index in [1.54, 1.807) is 0 Å². The van der Waals surface area contributed by atoms with Crippen LogP contribution in [0, 0.1) is 5.41 Å². The molecule has 2 N–H and O–H groups in total. The first-order valence-corrected chi connectivity index (χ1v) is 3.70. The van der Waals surface area contributed by atoms with E-state index in [9.17, 15) is 0 Å². The van der Waals surface area contributed by atoms with Crippen molar-refractivity contribution >= 4 is 0 Å². The number of hydrogen-bond acceptors (Lipinski definition) is 1. The standard InChI is InChI=1S/C9H19N/c1-8(2,3)6-7-9(4,5)10/h6-7H,10H2,1-5H3/b7-6+. The molecule has 0 unspecified atom stereocenters. The van der Waals surface area contributed by atoms with Gasteiger partial charge in [-0.3, -0.25) is 0 Å². The Kier molecular flexibility index (Phi) is 2.67. The van der Waals surface area contributed by atoms with Crippen LogP contribution in [0.1, 0.15) is 34.6 Å². The van der Waals surface area contributed by atoms with Crippen LogP contribution in [0.4, 0.5) is 0 Å². The molecule has 0 aromatic rings. The quantitative estimate of drug-likeness (QED) is 0.557. The number of allylic oxidation sites excluding steroid dienone is 1. The molecule has 0 bridgehead atoms. The first-order chi connectivity index (χ1) is 4.21. The van der Waals surface area contributed by atoms with Crippen LogP contribution in [-0.4, -0.2) is 5.54 Å². The van der Waals surface area contributed by atoms with Crippen molar-refractivity contribution in [3.8, 4) is 0 Å². The highest BCUT2D eigenvalue weighted by molar-refractivity contribution is 5.03. The first kappa shape index (κ1) is 9.70. The summed E-state index contributed by atoms with van der Waals surface area (Å²) in [5.74, 6) is 0. The van der Waals surface area contributed by atoms with E-state index in [0.29, 0.717) is 0 Å². The molecule has 0 saturated heterocycles. The summed E-state index contributed by atoms with van der Waals surface area (Å²) in [5, 5.41) is 0. The molecule has 0 amide bonds. The molecule has 0 aliphatic rings. The van der Waals surface area contributed by atoms with E-state index in [1.807, 2.05) is 19.9 Å². The SMILES string of the molecule is CC(C)(C)/C=C/C(C)(C)N. The molecule has 1 heteroatoms. The average Bonchev–Trinajstić information content (AvgIpc) is 1.57. The van der Waals surface area contributed by atoms with Crippen LogP contribution < -0.4 is 5.73 Å². The molecule has 0 aliphatic carbocycles. The monoisotopic (exact) mass is 141 g/mol. The van der Waals surface area contributed by atoms with Gasteiger partial charge in [0.25, 0.3) is 0 Å². The fraction of sp³-hybridized carbons (Fsp3) is 0.778. The summed E-state index contributed by atoms with van der Waals surface area (Å²) in [6.07, 6.45) is 4.19. The number of hydrogen-bond donors (Lipinski definition) is 1. The lowest BCUT2D eigenvalue weighted by atomic mass is 9.93. The van der Waals surface area contributed by atoms with Crippen molar-refractivity contribution in [1.82, 2.24) is 0 Å². The molecule has 0 atom stereocenters. The van der Waals surface area contributed by atoms with Gasteiger partial charge in [-0.2, -0.15) is 0 Å². The predicted octanol–water partition coefficient (Wildman–Crippen LogP) is 2.33.